The molecule has 0 radical (unpaired) electrons. The van der Waals surface area contributed by atoms with Gasteiger partial charge in [-0.1, -0.05) is 34.8 Å². The maximum Gasteiger partial charge on any atom is 0.180 e. The Morgan fingerprint density at radius 3 is 1.22 bits per heavy atom. The predicted octanol–water partition coefficient (Wildman–Crippen LogP) is 1.59. The van der Waals surface area contributed by atoms with Crippen molar-refractivity contribution in [2.24, 2.45) is 0 Å². The molecule has 0 amide bonds. The molecule has 2 nitrogen and oxygen atoms in total. The van der Waals surface area contributed by atoms with Crippen molar-refractivity contribution in [2.45, 2.75) is 11.2 Å². The zero-order valence-corrected chi connectivity index (χ0v) is 7.58. The lowest BCUT2D eigenvalue weighted by molar-refractivity contribution is 0.318. The monoisotopic (exact) mass is 196 g/mol. The number of rotatable bonds is 0. The summed E-state index contributed by atoms with van der Waals surface area (Å²) in [6, 6.07) is 0. The summed E-state index contributed by atoms with van der Waals surface area (Å²) in [5.74, 6) is 0. The van der Waals surface area contributed by atoms with E-state index in [0.29, 0.717) is 0 Å². The van der Waals surface area contributed by atoms with Crippen LogP contribution < -0.4 is 0 Å². The van der Waals surface area contributed by atoms with Gasteiger partial charge >= 0.3 is 0 Å². The lowest BCUT2D eigenvalue weighted by atomic mass is 10.9. The second-order valence-corrected chi connectivity index (χ2v) is 2.54. The average Bonchev–Trinajstić information content (AvgIpc) is 1.71. The normalized spacial score (nSPS) is 6.67. The topological polar surface area (TPSA) is 40.5 Å². The van der Waals surface area contributed by atoms with Crippen molar-refractivity contribution in [2.75, 3.05) is 13.7 Å². The molecule has 0 aliphatic carbocycles. The molecular formula is C4H11Cl3O2. The van der Waals surface area contributed by atoms with Crippen molar-refractivity contribution >= 4 is 34.8 Å². The smallest absolute Gasteiger partial charge is 0.180 e. The zero-order chi connectivity index (χ0) is 8.28. The summed E-state index contributed by atoms with van der Waals surface area (Å²) < 4.78 is -0.750. The molecule has 0 fully saturated rings. The molecular weight excluding hydrogens is 186 g/mol. The van der Waals surface area contributed by atoms with Gasteiger partial charge in [0.2, 0.25) is 0 Å². The van der Waals surface area contributed by atoms with Crippen molar-refractivity contribution in [1.29, 1.82) is 0 Å². The van der Waals surface area contributed by atoms with E-state index in [4.69, 9.17) is 45.0 Å². The van der Waals surface area contributed by atoms with Gasteiger partial charge in [-0.2, -0.15) is 0 Å². The summed E-state index contributed by atoms with van der Waals surface area (Å²) in [6.45, 7) is 1.93. The van der Waals surface area contributed by atoms with E-state index >= 15 is 0 Å². The van der Waals surface area contributed by atoms with Gasteiger partial charge in [0.05, 0.1) is 0 Å². The molecule has 0 aliphatic rings. The SMILES string of the molecule is CCO.CO.ClC(Cl)Cl. The highest BCUT2D eigenvalue weighted by Crippen LogP contribution is 2.03. The largest absolute Gasteiger partial charge is 0.400 e. The number of aliphatic hydroxyl groups is 2. The third kappa shape index (κ3) is 649. The van der Waals surface area contributed by atoms with Crippen molar-refractivity contribution < 1.29 is 10.2 Å². The maximum absolute atomic E-state index is 7.57. The van der Waals surface area contributed by atoms with Gasteiger partial charge in [0, 0.05) is 13.7 Å². The van der Waals surface area contributed by atoms with Crippen LogP contribution in [0.25, 0.3) is 0 Å². The number of aliphatic hydroxyl groups excluding tert-OH is 2. The minimum absolute atomic E-state index is 0.250. The summed E-state index contributed by atoms with van der Waals surface area (Å²) in [6.07, 6.45) is 0. The number of alkyl halides is 3. The second kappa shape index (κ2) is 23.2. The van der Waals surface area contributed by atoms with Gasteiger partial charge in [-0.25, -0.2) is 0 Å². The van der Waals surface area contributed by atoms with Crippen LogP contribution in [0.4, 0.5) is 0 Å². The van der Waals surface area contributed by atoms with Crippen molar-refractivity contribution in [3.63, 3.8) is 0 Å². The molecule has 5 heteroatoms. The number of hydrogen-bond acceptors (Lipinski definition) is 2. The lowest BCUT2D eigenvalue weighted by Gasteiger charge is -1.69. The minimum atomic E-state index is -0.750. The van der Waals surface area contributed by atoms with Crippen LogP contribution in [-0.2, 0) is 0 Å². The van der Waals surface area contributed by atoms with Crippen molar-refractivity contribution in [3.05, 3.63) is 0 Å². The summed E-state index contributed by atoms with van der Waals surface area (Å²) in [4.78, 5) is 0. The molecule has 0 aromatic rings. The fraction of sp³-hybridized carbons (Fsp3) is 1.00. The third-order valence-electron chi connectivity index (χ3n) is 0. The Hall–Kier alpha value is 0.790. The average molecular weight is 197 g/mol. The molecule has 0 unspecified atom stereocenters. The Morgan fingerprint density at radius 2 is 1.22 bits per heavy atom. The fourth-order valence-electron chi connectivity index (χ4n) is 0. The predicted molar refractivity (Wildman–Crippen MR) is 42.2 cm³/mol. The molecule has 0 heterocycles. The highest BCUT2D eigenvalue weighted by Gasteiger charge is 1.78. The van der Waals surface area contributed by atoms with Crippen molar-refractivity contribution in [3.8, 4) is 0 Å². The molecule has 0 bridgehead atoms. The van der Waals surface area contributed by atoms with Crippen LogP contribution in [-0.4, -0.2) is 28.2 Å². The molecule has 0 saturated carbocycles. The Labute approximate surface area is 70.3 Å². The summed E-state index contributed by atoms with van der Waals surface area (Å²) in [5, 5.41) is 14.6. The molecule has 0 rings (SSSR count). The van der Waals surface area contributed by atoms with E-state index in [1.165, 1.54) is 0 Å². The van der Waals surface area contributed by atoms with Gasteiger partial charge in [-0.15, -0.1) is 0 Å². The summed E-state index contributed by atoms with van der Waals surface area (Å²) >= 11 is 14.4. The molecule has 9 heavy (non-hydrogen) atoms. The number of halogens is 3. The Kier molecular flexibility index (Phi) is 42.4. The third-order valence-corrected chi connectivity index (χ3v) is 0. The first kappa shape index (κ1) is 16.4. The first-order valence-corrected chi connectivity index (χ1v) is 3.43. The molecule has 2 N–H and O–H groups in total. The Morgan fingerprint density at radius 1 is 1.22 bits per heavy atom. The fourth-order valence-corrected chi connectivity index (χ4v) is 0. The second-order valence-electron chi connectivity index (χ2n) is 0.564. The minimum Gasteiger partial charge on any atom is -0.400 e. The maximum atomic E-state index is 7.57. The van der Waals surface area contributed by atoms with Crippen LogP contribution >= 0.6 is 34.8 Å². The van der Waals surface area contributed by atoms with E-state index in [9.17, 15) is 0 Å². The Balaban J connectivity index is -0.0000000646. The first-order valence-electron chi connectivity index (χ1n) is 2.13. The highest BCUT2D eigenvalue weighted by atomic mass is 35.6. The van der Waals surface area contributed by atoms with E-state index in [1.807, 2.05) is 0 Å². The van der Waals surface area contributed by atoms with Crippen LogP contribution in [0.2, 0.25) is 0 Å². The van der Waals surface area contributed by atoms with Gasteiger partial charge in [0.25, 0.3) is 0 Å². The van der Waals surface area contributed by atoms with Gasteiger partial charge in [-0.3, -0.25) is 0 Å². The molecule has 0 aliphatic heterocycles. The molecule has 0 atom stereocenters. The molecule has 0 aromatic heterocycles. The molecule has 0 aromatic carbocycles. The highest BCUT2D eigenvalue weighted by molar-refractivity contribution is 6.63. The number of hydrogen-bond donors (Lipinski definition) is 2. The zero-order valence-electron chi connectivity index (χ0n) is 5.31. The standard InChI is InChI=1S/C2H6O.CHCl3.CH4O/c1-2-3;2-1(3)4;1-2/h3H,2H2,1H3;1H;2H,1H3. The van der Waals surface area contributed by atoms with Gasteiger partial charge < -0.3 is 10.2 Å². The van der Waals surface area contributed by atoms with Crippen LogP contribution in [0.5, 0.6) is 0 Å². The molecule has 0 spiro atoms. The molecule has 0 saturated heterocycles. The van der Waals surface area contributed by atoms with E-state index in [0.717, 1.165) is 7.11 Å². The van der Waals surface area contributed by atoms with Gasteiger partial charge in [0.15, 0.2) is 4.30 Å². The van der Waals surface area contributed by atoms with Crippen LogP contribution in [0.3, 0.4) is 0 Å². The first-order chi connectivity index (χ1) is 4.15. The summed E-state index contributed by atoms with van der Waals surface area (Å²) in [5.41, 5.74) is 0. The summed E-state index contributed by atoms with van der Waals surface area (Å²) in [7, 11) is 1.00. The van der Waals surface area contributed by atoms with Gasteiger partial charge in [-0.05, 0) is 6.92 Å². The van der Waals surface area contributed by atoms with E-state index < -0.39 is 4.30 Å². The van der Waals surface area contributed by atoms with E-state index in [1.54, 1.807) is 6.92 Å². The van der Waals surface area contributed by atoms with E-state index in [2.05, 4.69) is 0 Å². The van der Waals surface area contributed by atoms with Crippen molar-refractivity contribution in [1.82, 2.24) is 0 Å². The van der Waals surface area contributed by atoms with E-state index in [-0.39, 0.29) is 6.61 Å². The van der Waals surface area contributed by atoms with Gasteiger partial charge in [0.1, 0.15) is 0 Å². The van der Waals surface area contributed by atoms with Crippen LogP contribution in [0.15, 0.2) is 0 Å². The quantitative estimate of drug-likeness (QED) is 0.579. The van der Waals surface area contributed by atoms with Crippen LogP contribution in [0, 0.1) is 0 Å². The lowest BCUT2D eigenvalue weighted by Crippen LogP contribution is -1.57. The molecule has 60 valence electrons. The van der Waals surface area contributed by atoms with Crippen LogP contribution in [0.1, 0.15) is 6.92 Å². The Bertz CT molecular complexity index is 25.0.